The Labute approximate surface area is 85.8 Å². The molecule has 2 heteroatoms. The summed E-state index contributed by atoms with van der Waals surface area (Å²) in [7, 11) is 0. The summed E-state index contributed by atoms with van der Waals surface area (Å²) < 4.78 is 0. The minimum Gasteiger partial charge on any atom is -0.371 e. The van der Waals surface area contributed by atoms with Crippen LogP contribution in [-0.2, 0) is 0 Å². The lowest BCUT2D eigenvalue weighted by Gasteiger charge is -2.22. The van der Waals surface area contributed by atoms with Crippen LogP contribution in [-0.4, -0.2) is 13.1 Å². The minimum atomic E-state index is 0.582. The van der Waals surface area contributed by atoms with Crippen molar-refractivity contribution in [1.29, 1.82) is 5.26 Å². The van der Waals surface area contributed by atoms with Crippen molar-refractivity contribution in [3.63, 3.8) is 0 Å². The second-order valence-electron chi connectivity index (χ2n) is 3.15. The Kier molecular flexibility index (Phi) is 4.57. The van der Waals surface area contributed by atoms with Gasteiger partial charge in [-0.05, 0) is 24.6 Å². The van der Waals surface area contributed by atoms with Crippen molar-refractivity contribution in [3.05, 3.63) is 30.3 Å². The lowest BCUT2D eigenvalue weighted by atomic mass is 10.2. The van der Waals surface area contributed by atoms with E-state index in [9.17, 15) is 0 Å². The summed E-state index contributed by atoms with van der Waals surface area (Å²) in [4.78, 5) is 2.23. The van der Waals surface area contributed by atoms with E-state index in [1.807, 2.05) is 24.3 Å². The number of hydrogen-bond donors (Lipinski definition) is 0. The summed E-state index contributed by atoms with van der Waals surface area (Å²) >= 11 is 0. The van der Waals surface area contributed by atoms with E-state index in [-0.39, 0.29) is 0 Å². The molecule has 0 fully saturated rings. The second-order valence-corrected chi connectivity index (χ2v) is 3.15. The Morgan fingerprint density at radius 1 is 1.36 bits per heavy atom. The topological polar surface area (TPSA) is 27.0 Å². The molecule has 0 aliphatic heterocycles. The summed E-state index contributed by atoms with van der Waals surface area (Å²) in [5.41, 5.74) is 1.18. The van der Waals surface area contributed by atoms with Crippen LogP contribution in [0.25, 0.3) is 0 Å². The van der Waals surface area contributed by atoms with Gasteiger partial charge in [0.15, 0.2) is 0 Å². The molecule has 0 saturated heterocycles. The second kappa shape index (κ2) is 6.04. The first-order valence-corrected chi connectivity index (χ1v) is 4.96. The molecule has 0 amide bonds. The van der Waals surface area contributed by atoms with Gasteiger partial charge in [-0.1, -0.05) is 19.1 Å². The number of hydrogen-bond acceptors (Lipinski definition) is 2. The molecule has 0 unspecified atom stereocenters. The van der Waals surface area contributed by atoms with Crippen LogP contribution in [0.1, 0.15) is 19.8 Å². The average molecular weight is 187 g/mol. The molecule has 0 aromatic heterocycles. The SMILES string of the molecule is CCCN(CCC#N)c1cc[c]cc1. The Morgan fingerprint density at radius 2 is 2.07 bits per heavy atom. The molecule has 0 spiro atoms. The third kappa shape index (κ3) is 3.10. The van der Waals surface area contributed by atoms with Gasteiger partial charge in [0.05, 0.1) is 12.5 Å². The first-order chi connectivity index (χ1) is 6.88. The molecule has 0 heterocycles. The molecule has 0 N–H and O–H groups in total. The quantitative estimate of drug-likeness (QED) is 0.708. The summed E-state index contributed by atoms with van der Waals surface area (Å²) in [6, 6.07) is 13.1. The van der Waals surface area contributed by atoms with E-state index in [0.717, 1.165) is 19.5 Å². The monoisotopic (exact) mass is 187 g/mol. The molecule has 14 heavy (non-hydrogen) atoms. The molecule has 1 aromatic rings. The Morgan fingerprint density at radius 3 is 2.64 bits per heavy atom. The van der Waals surface area contributed by atoms with E-state index in [2.05, 4.69) is 24.0 Å². The maximum Gasteiger partial charge on any atom is 0.0640 e. The molecule has 1 radical (unpaired) electrons. The van der Waals surface area contributed by atoms with Gasteiger partial charge in [-0.2, -0.15) is 5.26 Å². The van der Waals surface area contributed by atoms with E-state index in [1.165, 1.54) is 5.69 Å². The van der Waals surface area contributed by atoms with Crippen LogP contribution in [0.4, 0.5) is 5.69 Å². The predicted molar refractivity (Wildman–Crippen MR) is 58.0 cm³/mol. The van der Waals surface area contributed by atoms with Crippen LogP contribution < -0.4 is 4.90 Å². The number of benzene rings is 1. The zero-order chi connectivity index (χ0) is 10.2. The molecule has 0 bridgehead atoms. The van der Waals surface area contributed by atoms with Crippen LogP contribution in [0.15, 0.2) is 24.3 Å². The maximum absolute atomic E-state index is 8.55. The molecule has 2 nitrogen and oxygen atoms in total. The lowest BCUT2D eigenvalue weighted by molar-refractivity contribution is 0.768. The zero-order valence-corrected chi connectivity index (χ0v) is 8.53. The van der Waals surface area contributed by atoms with Crippen molar-refractivity contribution < 1.29 is 0 Å². The van der Waals surface area contributed by atoms with E-state index >= 15 is 0 Å². The van der Waals surface area contributed by atoms with E-state index in [4.69, 9.17) is 5.26 Å². The van der Waals surface area contributed by atoms with Crippen molar-refractivity contribution >= 4 is 5.69 Å². The van der Waals surface area contributed by atoms with Gasteiger partial charge in [-0.3, -0.25) is 0 Å². The molecular weight excluding hydrogens is 172 g/mol. The fourth-order valence-corrected chi connectivity index (χ4v) is 1.41. The van der Waals surface area contributed by atoms with Gasteiger partial charge in [-0.25, -0.2) is 0 Å². The van der Waals surface area contributed by atoms with Crippen LogP contribution in [0.3, 0.4) is 0 Å². The van der Waals surface area contributed by atoms with Gasteiger partial charge < -0.3 is 4.90 Å². The number of anilines is 1. The average Bonchev–Trinajstić information content (AvgIpc) is 2.25. The third-order valence-electron chi connectivity index (χ3n) is 2.05. The fourth-order valence-electron chi connectivity index (χ4n) is 1.41. The van der Waals surface area contributed by atoms with Crippen molar-refractivity contribution in [2.45, 2.75) is 19.8 Å². The third-order valence-corrected chi connectivity index (χ3v) is 2.05. The highest BCUT2D eigenvalue weighted by atomic mass is 15.1. The summed E-state index contributed by atoms with van der Waals surface area (Å²) in [6.45, 7) is 3.97. The molecular formula is C12H15N2. The Bertz CT molecular complexity index is 287. The summed E-state index contributed by atoms with van der Waals surface area (Å²) in [6.07, 6.45) is 1.68. The summed E-state index contributed by atoms with van der Waals surface area (Å²) in [5.74, 6) is 0. The largest absolute Gasteiger partial charge is 0.371 e. The fraction of sp³-hybridized carbons (Fsp3) is 0.417. The first kappa shape index (κ1) is 10.6. The molecule has 0 aliphatic carbocycles. The van der Waals surface area contributed by atoms with Gasteiger partial charge in [-0.15, -0.1) is 0 Å². The van der Waals surface area contributed by atoms with Crippen molar-refractivity contribution in [2.75, 3.05) is 18.0 Å². The lowest BCUT2D eigenvalue weighted by Crippen LogP contribution is -2.24. The van der Waals surface area contributed by atoms with Gasteiger partial charge in [0.2, 0.25) is 0 Å². The maximum atomic E-state index is 8.55. The van der Waals surface area contributed by atoms with E-state index in [1.54, 1.807) is 0 Å². The van der Waals surface area contributed by atoms with Gasteiger partial charge >= 0.3 is 0 Å². The minimum absolute atomic E-state index is 0.582. The highest BCUT2D eigenvalue weighted by molar-refractivity contribution is 5.45. The van der Waals surface area contributed by atoms with Gasteiger partial charge in [0.1, 0.15) is 0 Å². The highest BCUT2D eigenvalue weighted by Gasteiger charge is 2.03. The molecule has 1 aromatic carbocycles. The van der Waals surface area contributed by atoms with Crippen molar-refractivity contribution in [1.82, 2.24) is 0 Å². The molecule has 0 aliphatic rings. The molecule has 0 atom stereocenters. The summed E-state index contributed by atoms with van der Waals surface area (Å²) in [5, 5.41) is 8.55. The highest BCUT2D eigenvalue weighted by Crippen LogP contribution is 2.13. The van der Waals surface area contributed by atoms with Crippen LogP contribution in [0.2, 0.25) is 0 Å². The Hall–Kier alpha value is -1.49. The Balaban J connectivity index is 2.63. The zero-order valence-electron chi connectivity index (χ0n) is 8.53. The van der Waals surface area contributed by atoms with Crippen LogP contribution >= 0.6 is 0 Å². The number of rotatable bonds is 5. The van der Waals surface area contributed by atoms with Crippen molar-refractivity contribution in [3.8, 4) is 6.07 Å². The first-order valence-electron chi connectivity index (χ1n) is 4.96. The number of nitriles is 1. The van der Waals surface area contributed by atoms with Crippen LogP contribution in [0, 0.1) is 17.4 Å². The molecule has 0 saturated carbocycles. The van der Waals surface area contributed by atoms with Gasteiger partial charge in [0, 0.05) is 18.8 Å². The van der Waals surface area contributed by atoms with E-state index < -0.39 is 0 Å². The molecule has 73 valence electrons. The van der Waals surface area contributed by atoms with E-state index in [0.29, 0.717) is 6.42 Å². The smallest absolute Gasteiger partial charge is 0.0640 e. The molecule has 1 rings (SSSR count). The standard InChI is InChI=1S/C12H15N2/c1-2-10-14(11-6-9-13)12-7-4-3-5-8-12/h4-5,7-8H,2,6,10-11H2,1H3. The van der Waals surface area contributed by atoms with Crippen LogP contribution in [0.5, 0.6) is 0 Å². The number of nitrogens with zero attached hydrogens (tertiary/aromatic N) is 2. The normalized spacial score (nSPS) is 9.43. The van der Waals surface area contributed by atoms with Crippen molar-refractivity contribution in [2.24, 2.45) is 0 Å². The predicted octanol–water partition coefficient (Wildman–Crippen LogP) is 2.62. The van der Waals surface area contributed by atoms with Gasteiger partial charge in [0.25, 0.3) is 0 Å².